The van der Waals surface area contributed by atoms with Gasteiger partial charge in [-0.3, -0.25) is 4.98 Å². The molecule has 0 aromatic carbocycles. The van der Waals surface area contributed by atoms with Gasteiger partial charge in [0.2, 0.25) is 0 Å². The zero-order chi connectivity index (χ0) is 13.1. The smallest absolute Gasteiger partial charge is 0.142 e. The summed E-state index contributed by atoms with van der Waals surface area (Å²) in [5, 5.41) is 6.69. The molecule has 1 aliphatic rings. The maximum absolute atomic E-state index is 4.64. The third-order valence-corrected chi connectivity index (χ3v) is 4.36. The van der Waals surface area contributed by atoms with E-state index in [0.717, 1.165) is 28.9 Å². The lowest BCUT2D eigenvalue weighted by Crippen LogP contribution is -2.26. The second-order valence-electron chi connectivity index (χ2n) is 5.32. The number of rotatable bonds is 6. The van der Waals surface area contributed by atoms with E-state index >= 15 is 0 Å². The minimum absolute atomic E-state index is 0.590. The van der Waals surface area contributed by atoms with Gasteiger partial charge in [0.25, 0.3) is 0 Å². The Bertz CT molecular complexity index is 519. The maximum Gasteiger partial charge on any atom is 0.142 e. The highest BCUT2D eigenvalue weighted by Crippen LogP contribution is 2.33. The van der Waals surface area contributed by atoms with Gasteiger partial charge in [-0.2, -0.15) is 0 Å². The van der Waals surface area contributed by atoms with Crippen molar-refractivity contribution >= 4 is 11.3 Å². The summed E-state index contributed by atoms with van der Waals surface area (Å²) >= 11 is 1.67. The van der Waals surface area contributed by atoms with Gasteiger partial charge in [-0.25, -0.2) is 4.98 Å². The predicted molar refractivity (Wildman–Crippen MR) is 79.0 cm³/mol. The van der Waals surface area contributed by atoms with Crippen LogP contribution in [0.4, 0.5) is 0 Å². The Morgan fingerprint density at radius 2 is 2.32 bits per heavy atom. The molecule has 0 aliphatic heterocycles. The first-order chi connectivity index (χ1) is 9.31. The summed E-state index contributed by atoms with van der Waals surface area (Å²) in [5.41, 5.74) is 2.08. The number of nitrogens with one attached hydrogen (secondary N) is 1. The molecule has 0 bridgehead atoms. The fourth-order valence-corrected chi connectivity index (χ4v) is 3.01. The maximum atomic E-state index is 4.64. The van der Waals surface area contributed by atoms with Crippen LogP contribution >= 0.6 is 11.3 Å². The van der Waals surface area contributed by atoms with Crippen LogP contribution in [0.1, 0.15) is 31.9 Å². The second kappa shape index (κ2) is 5.80. The van der Waals surface area contributed by atoms with E-state index in [0.29, 0.717) is 6.04 Å². The number of hydrogen-bond acceptors (Lipinski definition) is 4. The Labute approximate surface area is 118 Å². The zero-order valence-electron chi connectivity index (χ0n) is 11.2. The molecule has 1 aliphatic carbocycles. The van der Waals surface area contributed by atoms with Crippen LogP contribution in [0.3, 0.4) is 0 Å². The summed E-state index contributed by atoms with van der Waals surface area (Å²) in [4.78, 5) is 8.97. The molecule has 2 aromatic rings. The highest BCUT2D eigenvalue weighted by atomic mass is 32.1. The molecule has 3 rings (SSSR count). The van der Waals surface area contributed by atoms with E-state index in [4.69, 9.17) is 0 Å². The van der Waals surface area contributed by atoms with Crippen LogP contribution in [-0.2, 0) is 6.54 Å². The van der Waals surface area contributed by atoms with Gasteiger partial charge in [0.15, 0.2) is 0 Å². The monoisotopic (exact) mass is 273 g/mol. The molecule has 0 spiro atoms. The first kappa shape index (κ1) is 12.8. The fourth-order valence-electron chi connectivity index (χ4n) is 2.21. The van der Waals surface area contributed by atoms with E-state index in [2.05, 4.69) is 27.6 Å². The molecule has 0 amide bonds. The lowest BCUT2D eigenvalue weighted by Gasteiger charge is -2.11. The van der Waals surface area contributed by atoms with Gasteiger partial charge < -0.3 is 5.32 Å². The standard InChI is InChI=1S/C15H19N3S/c1-11(8-12-5-6-12)17-9-13-10-19-15(18-13)14-4-2-3-7-16-14/h2-4,7,10-12,17H,5-6,8-9H2,1H3. The van der Waals surface area contributed by atoms with Crippen molar-refractivity contribution in [3.8, 4) is 10.7 Å². The summed E-state index contributed by atoms with van der Waals surface area (Å²) in [6, 6.07) is 6.53. The van der Waals surface area contributed by atoms with Crippen molar-refractivity contribution in [3.05, 3.63) is 35.5 Å². The van der Waals surface area contributed by atoms with Crippen molar-refractivity contribution < 1.29 is 0 Å². The van der Waals surface area contributed by atoms with Crippen LogP contribution in [0, 0.1) is 5.92 Å². The Hall–Kier alpha value is -1.26. The minimum Gasteiger partial charge on any atom is -0.309 e. The van der Waals surface area contributed by atoms with Crippen LogP contribution in [0.25, 0.3) is 10.7 Å². The zero-order valence-corrected chi connectivity index (χ0v) is 12.0. The van der Waals surface area contributed by atoms with Gasteiger partial charge in [0.05, 0.1) is 11.4 Å². The van der Waals surface area contributed by atoms with Crippen LogP contribution in [0.2, 0.25) is 0 Å². The van der Waals surface area contributed by atoms with E-state index < -0.39 is 0 Å². The molecule has 1 N–H and O–H groups in total. The van der Waals surface area contributed by atoms with Gasteiger partial charge >= 0.3 is 0 Å². The highest BCUT2D eigenvalue weighted by molar-refractivity contribution is 7.13. The molecular formula is C15H19N3S. The Kier molecular flexibility index (Phi) is 3.89. The predicted octanol–water partition coefficient (Wildman–Crippen LogP) is 3.48. The average molecular weight is 273 g/mol. The molecule has 1 saturated carbocycles. The van der Waals surface area contributed by atoms with Crippen molar-refractivity contribution in [2.75, 3.05) is 0 Å². The third-order valence-electron chi connectivity index (χ3n) is 3.45. The van der Waals surface area contributed by atoms with Crippen molar-refractivity contribution in [2.45, 2.75) is 38.8 Å². The molecule has 2 heterocycles. The van der Waals surface area contributed by atoms with Crippen LogP contribution < -0.4 is 5.32 Å². The van der Waals surface area contributed by atoms with E-state index in [-0.39, 0.29) is 0 Å². The molecule has 1 unspecified atom stereocenters. The van der Waals surface area contributed by atoms with Crippen LogP contribution in [0.5, 0.6) is 0 Å². The van der Waals surface area contributed by atoms with Crippen molar-refractivity contribution in [3.63, 3.8) is 0 Å². The summed E-state index contributed by atoms with van der Waals surface area (Å²) in [6.45, 7) is 3.13. The molecule has 19 heavy (non-hydrogen) atoms. The summed E-state index contributed by atoms with van der Waals surface area (Å²) in [7, 11) is 0. The molecule has 1 fully saturated rings. The van der Waals surface area contributed by atoms with Gasteiger partial charge in [-0.1, -0.05) is 18.9 Å². The molecule has 4 heteroatoms. The molecule has 100 valence electrons. The highest BCUT2D eigenvalue weighted by Gasteiger charge is 2.23. The topological polar surface area (TPSA) is 37.8 Å². The minimum atomic E-state index is 0.590. The number of pyridine rings is 1. The Morgan fingerprint density at radius 3 is 3.05 bits per heavy atom. The summed E-state index contributed by atoms with van der Waals surface area (Å²) in [6.07, 6.45) is 5.96. The number of aromatic nitrogens is 2. The fraction of sp³-hybridized carbons (Fsp3) is 0.467. The van der Waals surface area contributed by atoms with E-state index in [1.807, 2.05) is 24.4 Å². The van der Waals surface area contributed by atoms with Crippen LogP contribution in [0.15, 0.2) is 29.8 Å². The average Bonchev–Trinajstić information content (AvgIpc) is 3.12. The Morgan fingerprint density at radius 1 is 1.42 bits per heavy atom. The van der Waals surface area contributed by atoms with Gasteiger partial charge in [-0.15, -0.1) is 11.3 Å². The van der Waals surface area contributed by atoms with Crippen molar-refractivity contribution in [2.24, 2.45) is 5.92 Å². The third kappa shape index (κ3) is 3.61. The first-order valence-electron chi connectivity index (χ1n) is 6.90. The second-order valence-corrected chi connectivity index (χ2v) is 6.18. The van der Waals surface area contributed by atoms with Crippen molar-refractivity contribution in [1.82, 2.24) is 15.3 Å². The largest absolute Gasteiger partial charge is 0.309 e. The van der Waals surface area contributed by atoms with Gasteiger partial charge in [-0.05, 0) is 31.4 Å². The molecule has 0 saturated heterocycles. The molecule has 2 aromatic heterocycles. The normalized spacial score (nSPS) is 16.5. The van der Waals surface area contributed by atoms with E-state index in [1.54, 1.807) is 11.3 Å². The van der Waals surface area contributed by atoms with Crippen LogP contribution in [-0.4, -0.2) is 16.0 Å². The number of thiazole rings is 1. The molecule has 1 atom stereocenters. The summed E-state index contributed by atoms with van der Waals surface area (Å²) < 4.78 is 0. The first-order valence-corrected chi connectivity index (χ1v) is 7.78. The van der Waals surface area contributed by atoms with Gasteiger partial charge in [0.1, 0.15) is 5.01 Å². The molecule has 3 nitrogen and oxygen atoms in total. The quantitative estimate of drug-likeness (QED) is 0.875. The van der Waals surface area contributed by atoms with E-state index in [9.17, 15) is 0 Å². The number of hydrogen-bond donors (Lipinski definition) is 1. The lowest BCUT2D eigenvalue weighted by atomic mass is 10.1. The number of nitrogens with zero attached hydrogens (tertiary/aromatic N) is 2. The van der Waals surface area contributed by atoms with Crippen molar-refractivity contribution in [1.29, 1.82) is 0 Å². The lowest BCUT2D eigenvalue weighted by molar-refractivity contribution is 0.485. The van der Waals surface area contributed by atoms with Gasteiger partial charge in [0, 0.05) is 24.2 Å². The molecular weight excluding hydrogens is 254 g/mol. The van der Waals surface area contributed by atoms with E-state index in [1.165, 1.54) is 19.3 Å². The Balaban J connectivity index is 1.55. The SMILES string of the molecule is CC(CC1CC1)NCc1csc(-c2ccccn2)n1. The molecule has 0 radical (unpaired) electrons. The summed E-state index contributed by atoms with van der Waals surface area (Å²) in [5.74, 6) is 0.974.